The summed E-state index contributed by atoms with van der Waals surface area (Å²) in [6, 6.07) is 3.92. The molecule has 28 heavy (non-hydrogen) atoms. The van der Waals surface area contributed by atoms with E-state index in [4.69, 9.17) is 4.52 Å². The van der Waals surface area contributed by atoms with Crippen LogP contribution >= 0.6 is 0 Å². The molecule has 0 N–H and O–H groups in total. The van der Waals surface area contributed by atoms with Crippen molar-refractivity contribution in [2.75, 3.05) is 26.2 Å². The highest BCUT2D eigenvalue weighted by atomic mass is 16.5. The lowest BCUT2D eigenvalue weighted by Gasteiger charge is -2.35. The number of carbonyl (C=O) groups is 2. The van der Waals surface area contributed by atoms with Crippen LogP contribution in [0.2, 0.25) is 0 Å². The van der Waals surface area contributed by atoms with Gasteiger partial charge in [-0.2, -0.15) is 0 Å². The number of piperazine rings is 1. The second kappa shape index (κ2) is 8.04. The van der Waals surface area contributed by atoms with E-state index in [0.29, 0.717) is 26.2 Å². The second-order valence-electron chi connectivity index (χ2n) is 7.60. The van der Waals surface area contributed by atoms with E-state index in [0.717, 1.165) is 28.5 Å². The maximum absolute atomic E-state index is 12.6. The molecule has 1 saturated heterocycles. The van der Waals surface area contributed by atoms with Crippen LogP contribution in [0.15, 0.2) is 22.7 Å². The summed E-state index contributed by atoms with van der Waals surface area (Å²) in [4.78, 5) is 28.3. The van der Waals surface area contributed by atoms with Crippen LogP contribution in [0.3, 0.4) is 0 Å². The Bertz CT molecular complexity index is 899. The van der Waals surface area contributed by atoms with Crippen LogP contribution in [0.1, 0.15) is 36.6 Å². The molecule has 0 unspecified atom stereocenters. The molecule has 1 aliphatic heterocycles. The number of carbonyl (C=O) groups excluding carboxylic acids is 2. The van der Waals surface area contributed by atoms with Crippen molar-refractivity contribution >= 4 is 17.9 Å². The van der Waals surface area contributed by atoms with Gasteiger partial charge in [0.05, 0.1) is 0 Å². The molecule has 7 nitrogen and oxygen atoms in total. The van der Waals surface area contributed by atoms with Gasteiger partial charge in [0.1, 0.15) is 5.76 Å². The monoisotopic (exact) mass is 384 g/mol. The Morgan fingerprint density at radius 1 is 1.07 bits per heavy atom. The van der Waals surface area contributed by atoms with E-state index >= 15 is 0 Å². The van der Waals surface area contributed by atoms with Crippen molar-refractivity contribution in [3.05, 3.63) is 40.9 Å². The Balaban J connectivity index is 1.66. The molecule has 0 atom stereocenters. The summed E-state index contributed by atoms with van der Waals surface area (Å²) in [7, 11) is 0. The van der Waals surface area contributed by atoms with E-state index < -0.39 is 0 Å². The van der Waals surface area contributed by atoms with Gasteiger partial charge in [0.25, 0.3) is 0 Å². The molecule has 0 bridgehead atoms. The third-order valence-electron chi connectivity index (χ3n) is 5.12. The fourth-order valence-electron chi connectivity index (χ4n) is 3.55. The highest BCUT2D eigenvalue weighted by Gasteiger charge is 2.24. The zero-order valence-corrected chi connectivity index (χ0v) is 17.2. The van der Waals surface area contributed by atoms with Crippen molar-refractivity contribution < 1.29 is 14.1 Å². The smallest absolute Gasteiger partial charge is 0.246 e. The third kappa shape index (κ3) is 4.03. The first-order chi connectivity index (χ1) is 13.3. The van der Waals surface area contributed by atoms with Gasteiger partial charge < -0.3 is 14.3 Å². The fourth-order valence-corrected chi connectivity index (χ4v) is 3.55. The van der Waals surface area contributed by atoms with Crippen LogP contribution < -0.4 is 0 Å². The number of aryl methyl sites for hydroxylation is 2. The molecule has 1 fully saturated rings. The summed E-state index contributed by atoms with van der Waals surface area (Å²) in [5.74, 6) is 1.61. The number of hydrogen-bond acceptors (Lipinski definition) is 4. The largest absolute Gasteiger partial charge is 0.360 e. The molecular formula is C21H28N4O3. The summed E-state index contributed by atoms with van der Waals surface area (Å²) in [5, 5.41) is 4.08. The van der Waals surface area contributed by atoms with Gasteiger partial charge in [-0.3, -0.25) is 14.2 Å². The quantitative estimate of drug-likeness (QED) is 0.760. The predicted octanol–water partition coefficient (Wildman–Crippen LogP) is 2.73. The van der Waals surface area contributed by atoms with E-state index in [1.807, 2.05) is 62.3 Å². The van der Waals surface area contributed by atoms with Crippen LogP contribution in [-0.2, 0) is 9.59 Å². The summed E-state index contributed by atoms with van der Waals surface area (Å²) in [5.41, 5.74) is 3.00. The second-order valence-corrected chi connectivity index (χ2v) is 7.60. The van der Waals surface area contributed by atoms with E-state index in [1.165, 1.54) is 0 Å². The molecule has 150 valence electrons. The van der Waals surface area contributed by atoms with Gasteiger partial charge in [0.2, 0.25) is 11.8 Å². The van der Waals surface area contributed by atoms with Gasteiger partial charge >= 0.3 is 0 Å². The Morgan fingerprint density at radius 3 is 2.29 bits per heavy atom. The van der Waals surface area contributed by atoms with E-state index in [2.05, 4.69) is 5.16 Å². The van der Waals surface area contributed by atoms with Crippen LogP contribution in [0.4, 0.5) is 0 Å². The van der Waals surface area contributed by atoms with E-state index in [-0.39, 0.29) is 17.7 Å². The summed E-state index contributed by atoms with van der Waals surface area (Å²) >= 11 is 0. The highest BCUT2D eigenvalue weighted by molar-refractivity contribution is 5.92. The molecule has 0 saturated carbocycles. The van der Waals surface area contributed by atoms with Gasteiger partial charge in [-0.1, -0.05) is 19.0 Å². The van der Waals surface area contributed by atoms with Crippen LogP contribution in [0.25, 0.3) is 11.9 Å². The molecule has 3 rings (SSSR count). The Morgan fingerprint density at radius 2 is 1.71 bits per heavy atom. The maximum Gasteiger partial charge on any atom is 0.246 e. The van der Waals surface area contributed by atoms with Crippen molar-refractivity contribution in [1.29, 1.82) is 0 Å². The molecule has 1 aliphatic rings. The third-order valence-corrected chi connectivity index (χ3v) is 5.12. The van der Waals surface area contributed by atoms with Gasteiger partial charge in [-0.15, -0.1) is 0 Å². The first-order valence-electron chi connectivity index (χ1n) is 9.66. The maximum atomic E-state index is 12.6. The van der Waals surface area contributed by atoms with Crippen molar-refractivity contribution in [2.24, 2.45) is 5.92 Å². The minimum absolute atomic E-state index is 0.00842. The summed E-state index contributed by atoms with van der Waals surface area (Å²) in [6.45, 7) is 12.0. The predicted molar refractivity (Wildman–Crippen MR) is 107 cm³/mol. The molecule has 0 radical (unpaired) electrons. The van der Waals surface area contributed by atoms with Gasteiger partial charge in [0, 0.05) is 55.6 Å². The van der Waals surface area contributed by atoms with Crippen molar-refractivity contribution in [3.8, 4) is 5.82 Å². The lowest BCUT2D eigenvalue weighted by Crippen LogP contribution is -2.51. The molecule has 7 heteroatoms. The fraction of sp³-hybridized carbons (Fsp3) is 0.476. The Hall–Kier alpha value is -2.83. The molecule has 0 aliphatic carbocycles. The minimum Gasteiger partial charge on any atom is -0.360 e. The number of hydrogen-bond donors (Lipinski definition) is 0. The number of aromatic nitrogens is 2. The highest BCUT2D eigenvalue weighted by Crippen LogP contribution is 2.22. The number of amides is 2. The van der Waals surface area contributed by atoms with Gasteiger partial charge in [-0.25, -0.2) is 0 Å². The Kier molecular flexibility index (Phi) is 5.72. The van der Waals surface area contributed by atoms with Crippen molar-refractivity contribution in [3.63, 3.8) is 0 Å². The number of nitrogens with zero attached hydrogens (tertiary/aromatic N) is 4. The van der Waals surface area contributed by atoms with Crippen LogP contribution in [0, 0.1) is 26.7 Å². The molecule has 0 spiro atoms. The first-order valence-corrected chi connectivity index (χ1v) is 9.66. The van der Waals surface area contributed by atoms with Crippen molar-refractivity contribution in [2.45, 2.75) is 34.6 Å². The molecular weight excluding hydrogens is 356 g/mol. The zero-order chi connectivity index (χ0) is 20.4. The van der Waals surface area contributed by atoms with Gasteiger partial charge in [0.15, 0.2) is 5.82 Å². The molecule has 0 aromatic carbocycles. The lowest BCUT2D eigenvalue weighted by atomic mass is 10.1. The minimum atomic E-state index is -0.0290. The first kappa shape index (κ1) is 19.9. The molecule has 2 aromatic heterocycles. The van der Waals surface area contributed by atoms with E-state index in [1.54, 1.807) is 11.0 Å². The Labute approximate surface area is 165 Å². The lowest BCUT2D eigenvalue weighted by molar-refractivity contribution is -0.139. The van der Waals surface area contributed by atoms with Crippen LogP contribution in [0.5, 0.6) is 0 Å². The normalized spacial score (nSPS) is 15.1. The summed E-state index contributed by atoms with van der Waals surface area (Å²) < 4.78 is 7.19. The summed E-state index contributed by atoms with van der Waals surface area (Å²) in [6.07, 6.45) is 3.46. The average Bonchev–Trinajstić information content (AvgIpc) is 3.21. The van der Waals surface area contributed by atoms with Crippen LogP contribution in [-0.4, -0.2) is 57.5 Å². The van der Waals surface area contributed by atoms with Gasteiger partial charge in [-0.05, 0) is 38.5 Å². The van der Waals surface area contributed by atoms with Crippen molar-refractivity contribution in [1.82, 2.24) is 19.5 Å². The molecule has 2 amide bonds. The molecule has 2 aromatic rings. The van der Waals surface area contributed by atoms with E-state index in [9.17, 15) is 9.59 Å². The zero-order valence-electron chi connectivity index (χ0n) is 17.2. The standard InChI is InChI=1S/C21H28N4O3/c1-14(2)21(27)24-10-8-23(9-11-24)20(26)7-6-18-12-15(3)25(17(18)5)19-13-16(4)28-22-19/h6-7,12-14H,8-11H2,1-5H3/b7-6+. The SMILES string of the molecule is Cc1cc(-n2c(C)cc(/C=C/C(=O)N3CCN(C(=O)C(C)C)CC3)c2C)no1. The topological polar surface area (TPSA) is 71.6 Å². The average molecular weight is 384 g/mol. The molecule has 3 heterocycles. The number of rotatable bonds is 4.